The fourth-order valence-electron chi connectivity index (χ4n) is 13.9. The summed E-state index contributed by atoms with van der Waals surface area (Å²) in [5.74, 6) is 0. The van der Waals surface area contributed by atoms with Crippen molar-refractivity contribution < 1.29 is 0 Å². The molecule has 0 N–H and O–H groups in total. The minimum atomic E-state index is -0.525. The topological polar surface area (TPSA) is 3.24 Å². The molecule has 1 heteroatoms. The maximum absolute atomic E-state index is 4.29. The molecule has 14 rings (SSSR count). The molecular formula is C72H55N. The molecule has 1 spiro atoms. The van der Waals surface area contributed by atoms with Crippen molar-refractivity contribution in [1.82, 2.24) is 0 Å². The third-order valence-corrected chi connectivity index (χ3v) is 17.3. The third kappa shape index (κ3) is 5.91. The first-order valence-electron chi connectivity index (χ1n) is 25.9. The predicted molar refractivity (Wildman–Crippen MR) is 307 cm³/mol. The van der Waals surface area contributed by atoms with Gasteiger partial charge in [0.1, 0.15) is 0 Å². The van der Waals surface area contributed by atoms with Crippen molar-refractivity contribution in [3.63, 3.8) is 0 Å². The van der Waals surface area contributed by atoms with Crippen LogP contribution in [0.5, 0.6) is 0 Å². The van der Waals surface area contributed by atoms with Crippen molar-refractivity contribution in [3.8, 4) is 55.6 Å². The van der Waals surface area contributed by atoms with Crippen molar-refractivity contribution in [1.29, 1.82) is 0 Å². The van der Waals surface area contributed by atoms with Crippen LogP contribution in [0.2, 0.25) is 0 Å². The Balaban J connectivity index is 1.04. The lowest BCUT2D eigenvalue weighted by Crippen LogP contribution is -2.26. The second-order valence-corrected chi connectivity index (χ2v) is 21.6. The normalized spacial score (nSPS) is 16.6. The first kappa shape index (κ1) is 43.3. The second-order valence-electron chi connectivity index (χ2n) is 21.6. The molecule has 1 atom stereocenters. The summed E-state index contributed by atoms with van der Waals surface area (Å²) in [6.07, 6.45) is 2.01. The van der Waals surface area contributed by atoms with E-state index in [9.17, 15) is 0 Å². The predicted octanol–water partition coefficient (Wildman–Crippen LogP) is 18.9. The van der Waals surface area contributed by atoms with Gasteiger partial charge in [-0.05, 0) is 155 Å². The van der Waals surface area contributed by atoms with E-state index in [1.165, 1.54) is 117 Å². The molecular weight excluding hydrogens is 879 g/mol. The van der Waals surface area contributed by atoms with Gasteiger partial charge in [0.05, 0.1) is 16.8 Å². The molecule has 0 bridgehead atoms. The van der Waals surface area contributed by atoms with Gasteiger partial charge in [0, 0.05) is 27.6 Å². The first-order valence-corrected chi connectivity index (χ1v) is 25.9. The lowest BCUT2D eigenvalue weighted by molar-refractivity contribution is 0.660. The molecule has 348 valence electrons. The standard InChI is InChI=1S/C72H55N/c1-7-46-22-11-12-25-51(46)68-45(2)72(61-32-19-15-28-56(61)68)62-33-20-16-29-57(62)69-63(72)34-21-35-67(69)73(50-38-40-55-53-27-14-18-31-60(53)71(5,6)65(55)44-50)66-41-37-48(42-58(66)47-23-9-8-10-24-47)49-36-39-54-52-26-13-17-30-59(52)70(3,4)64(54)43-49/h7-44H,1H2,2-6H3. The molecule has 0 saturated carbocycles. The number of hydrogen-bond acceptors (Lipinski definition) is 1. The molecule has 0 saturated heterocycles. The molecule has 10 aromatic rings. The Bertz CT molecular complexity index is 4010. The van der Waals surface area contributed by atoms with Gasteiger partial charge in [-0.25, -0.2) is 0 Å². The summed E-state index contributed by atoms with van der Waals surface area (Å²) in [7, 11) is 0. The first-order chi connectivity index (χ1) is 35.6. The number of fused-ring (bicyclic) bond motifs is 13. The molecule has 10 aromatic carbocycles. The lowest BCUT2D eigenvalue weighted by atomic mass is 9.70. The molecule has 1 unspecified atom stereocenters. The summed E-state index contributed by atoms with van der Waals surface area (Å²) >= 11 is 0. The molecule has 0 amide bonds. The average molecular weight is 934 g/mol. The monoisotopic (exact) mass is 933 g/mol. The summed E-state index contributed by atoms with van der Waals surface area (Å²) in [6.45, 7) is 16.2. The minimum Gasteiger partial charge on any atom is -0.309 e. The lowest BCUT2D eigenvalue weighted by Gasteiger charge is -2.33. The van der Waals surface area contributed by atoms with Gasteiger partial charge < -0.3 is 4.90 Å². The van der Waals surface area contributed by atoms with Crippen LogP contribution < -0.4 is 4.90 Å². The van der Waals surface area contributed by atoms with E-state index in [0.717, 1.165) is 22.6 Å². The van der Waals surface area contributed by atoms with Crippen molar-refractivity contribution in [2.45, 2.75) is 50.9 Å². The zero-order valence-electron chi connectivity index (χ0n) is 42.1. The van der Waals surface area contributed by atoms with Gasteiger partial charge in [0.15, 0.2) is 0 Å². The van der Waals surface area contributed by atoms with E-state index in [1.807, 2.05) is 6.08 Å². The number of rotatable bonds is 7. The van der Waals surface area contributed by atoms with Gasteiger partial charge in [-0.15, -0.1) is 0 Å². The molecule has 0 heterocycles. The molecule has 0 aliphatic heterocycles. The molecule has 0 aromatic heterocycles. The van der Waals surface area contributed by atoms with Gasteiger partial charge in [-0.3, -0.25) is 0 Å². The molecule has 0 radical (unpaired) electrons. The fraction of sp³-hybridized carbons (Fsp3) is 0.111. The fourth-order valence-corrected chi connectivity index (χ4v) is 13.9. The van der Waals surface area contributed by atoms with Gasteiger partial charge in [0.25, 0.3) is 0 Å². The van der Waals surface area contributed by atoms with E-state index < -0.39 is 5.41 Å². The van der Waals surface area contributed by atoms with Crippen LogP contribution >= 0.6 is 0 Å². The van der Waals surface area contributed by atoms with Crippen LogP contribution in [0.3, 0.4) is 0 Å². The average Bonchev–Trinajstić information content (AvgIpc) is 4.05. The largest absolute Gasteiger partial charge is 0.309 e. The smallest absolute Gasteiger partial charge is 0.0686 e. The van der Waals surface area contributed by atoms with Crippen molar-refractivity contribution in [3.05, 3.63) is 292 Å². The van der Waals surface area contributed by atoms with Crippen LogP contribution in [0.15, 0.2) is 237 Å². The van der Waals surface area contributed by atoms with E-state index >= 15 is 0 Å². The highest BCUT2D eigenvalue weighted by molar-refractivity contribution is 6.05. The quantitative estimate of drug-likeness (QED) is 0.154. The van der Waals surface area contributed by atoms with Gasteiger partial charge in [0.2, 0.25) is 0 Å². The van der Waals surface area contributed by atoms with Crippen LogP contribution in [0.1, 0.15) is 90.3 Å². The van der Waals surface area contributed by atoms with Crippen LogP contribution in [0.25, 0.3) is 67.3 Å². The summed E-state index contributed by atoms with van der Waals surface area (Å²) in [6, 6.07) is 84.7. The summed E-state index contributed by atoms with van der Waals surface area (Å²) < 4.78 is 0. The van der Waals surface area contributed by atoms with E-state index in [-0.39, 0.29) is 10.8 Å². The van der Waals surface area contributed by atoms with Crippen molar-refractivity contribution in [2.24, 2.45) is 0 Å². The van der Waals surface area contributed by atoms with Crippen LogP contribution in [0, 0.1) is 0 Å². The number of anilines is 3. The van der Waals surface area contributed by atoms with Crippen molar-refractivity contribution in [2.75, 3.05) is 4.90 Å². The summed E-state index contributed by atoms with van der Waals surface area (Å²) in [4.78, 5) is 2.59. The highest BCUT2D eigenvalue weighted by Gasteiger charge is 2.53. The van der Waals surface area contributed by atoms with Crippen LogP contribution in [-0.4, -0.2) is 0 Å². The minimum absolute atomic E-state index is 0.105. The SMILES string of the molecule is C=Cc1ccccc1C1=C(C)C2(c3ccccc31)c1ccccc1-c1c(N(c3ccc4c(c3)C(C)(C)c3ccccc3-4)c3ccc(-c4ccc5c(c4)C(C)(C)c4ccccc4-5)cc3-c3ccccc3)cccc12. The van der Waals surface area contributed by atoms with E-state index in [0.29, 0.717) is 0 Å². The van der Waals surface area contributed by atoms with Gasteiger partial charge in [-0.2, -0.15) is 0 Å². The number of allylic oxidation sites excluding steroid dienone is 1. The second kappa shape index (κ2) is 15.7. The Morgan fingerprint density at radius 3 is 1.55 bits per heavy atom. The zero-order valence-corrected chi connectivity index (χ0v) is 42.1. The number of benzene rings is 10. The van der Waals surface area contributed by atoms with E-state index in [1.54, 1.807) is 0 Å². The van der Waals surface area contributed by atoms with Gasteiger partial charge >= 0.3 is 0 Å². The number of hydrogen-bond donors (Lipinski definition) is 0. The van der Waals surface area contributed by atoms with Crippen molar-refractivity contribution >= 4 is 28.7 Å². The van der Waals surface area contributed by atoms with Crippen LogP contribution in [0.4, 0.5) is 17.1 Å². The molecule has 4 aliphatic rings. The molecule has 1 nitrogen and oxygen atoms in total. The molecule has 0 fully saturated rings. The summed E-state index contributed by atoms with van der Waals surface area (Å²) in [5.41, 5.74) is 30.9. The maximum Gasteiger partial charge on any atom is 0.0686 e. The molecule has 73 heavy (non-hydrogen) atoms. The highest BCUT2D eigenvalue weighted by atomic mass is 15.1. The number of nitrogens with zero attached hydrogens (tertiary/aromatic N) is 1. The zero-order chi connectivity index (χ0) is 49.4. The maximum atomic E-state index is 4.29. The Morgan fingerprint density at radius 2 is 0.863 bits per heavy atom. The Morgan fingerprint density at radius 1 is 0.356 bits per heavy atom. The Hall–Kier alpha value is -8.52. The van der Waals surface area contributed by atoms with E-state index in [4.69, 9.17) is 0 Å². The Kier molecular flexibility index (Phi) is 9.33. The Labute approximate surface area is 430 Å². The summed E-state index contributed by atoms with van der Waals surface area (Å²) in [5, 5.41) is 0. The molecule has 4 aliphatic carbocycles. The van der Waals surface area contributed by atoms with Gasteiger partial charge in [-0.1, -0.05) is 228 Å². The van der Waals surface area contributed by atoms with Crippen LogP contribution in [-0.2, 0) is 16.2 Å². The highest BCUT2D eigenvalue weighted by Crippen LogP contribution is 2.65. The van der Waals surface area contributed by atoms with E-state index in [2.05, 4.69) is 271 Å². The third-order valence-electron chi connectivity index (χ3n) is 17.3.